The van der Waals surface area contributed by atoms with Crippen molar-refractivity contribution < 1.29 is 35.9 Å². The molecular weight excluding hydrogens is 377 g/mol. The SMILES string of the molecule is NS(=O)(=O)c1ccc(F)c(C(=O)OCC(=O)Nc2ccc(F)c(F)c2)c1. The van der Waals surface area contributed by atoms with Gasteiger partial charge in [-0.2, -0.15) is 0 Å². The average Bonchev–Trinajstić information content (AvgIpc) is 2.55. The quantitative estimate of drug-likeness (QED) is 0.754. The van der Waals surface area contributed by atoms with Gasteiger partial charge in [0.2, 0.25) is 10.0 Å². The Bertz CT molecular complexity index is 979. The number of halogens is 3. The lowest BCUT2D eigenvalue weighted by molar-refractivity contribution is -0.119. The summed E-state index contributed by atoms with van der Waals surface area (Å²) in [7, 11) is -4.18. The smallest absolute Gasteiger partial charge is 0.341 e. The summed E-state index contributed by atoms with van der Waals surface area (Å²) in [5, 5.41) is 7.02. The molecule has 0 aliphatic rings. The monoisotopic (exact) mass is 388 g/mol. The predicted molar refractivity (Wildman–Crippen MR) is 83.0 cm³/mol. The zero-order chi connectivity index (χ0) is 19.5. The van der Waals surface area contributed by atoms with Crippen molar-refractivity contribution in [2.24, 2.45) is 5.14 Å². The molecule has 7 nitrogen and oxygen atoms in total. The minimum Gasteiger partial charge on any atom is -0.452 e. The Morgan fingerprint density at radius 1 is 1.00 bits per heavy atom. The Morgan fingerprint density at radius 3 is 2.27 bits per heavy atom. The first-order chi connectivity index (χ1) is 12.1. The van der Waals surface area contributed by atoms with Crippen LogP contribution in [0.4, 0.5) is 18.9 Å². The highest BCUT2D eigenvalue weighted by atomic mass is 32.2. The Morgan fingerprint density at radius 2 is 1.65 bits per heavy atom. The molecule has 0 spiro atoms. The number of hydrogen-bond acceptors (Lipinski definition) is 5. The van der Waals surface area contributed by atoms with Gasteiger partial charge in [-0.1, -0.05) is 0 Å². The summed E-state index contributed by atoms with van der Waals surface area (Å²) in [4.78, 5) is 22.9. The van der Waals surface area contributed by atoms with Gasteiger partial charge in [0.15, 0.2) is 18.2 Å². The van der Waals surface area contributed by atoms with Gasteiger partial charge in [-0.05, 0) is 30.3 Å². The van der Waals surface area contributed by atoms with Crippen molar-refractivity contribution in [1.29, 1.82) is 0 Å². The minimum atomic E-state index is -4.18. The van der Waals surface area contributed by atoms with E-state index in [4.69, 9.17) is 5.14 Å². The number of carbonyl (C=O) groups excluding carboxylic acids is 2. The largest absolute Gasteiger partial charge is 0.452 e. The molecule has 0 saturated heterocycles. The molecule has 0 saturated carbocycles. The van der Waals surface area contributed by atoms with Gasteiger partial charge < -0.3 is 10.1 Å². The van der Waals surface area contributed by atoms with E-state index in [1.165, 1.54) is 0 Å². The maximum absolute atomic E-state index is 13.6. The molecule has 0 fully saturated rings. The second kappa shape index (κ2) is 7.54. The molecule has 0 unspecified atom stereocenters. The summed E-state index contributed by atoms with van der Waals surface area (Å²) in [5.41, 5.74) is -0.829. The molecule has 0 aliphatic carbocycles. The fraction of sp³-hybridized carbons (Fsp3) is 0.0667. The van der Waals surface area contributed by atoms with E-state index in [1.807, 2.05) is 0 Å². The standard InChI is InChI=1S/C15H11F3N2O5S/c16-11-4-2-9(26(19,23)24)6-10(11)15(22)25-7-14(21)20-8-1-3-12(17)13(18)5-8/h1-6H,7H2,(H,20,21)(H2,19,23,24). The number of benzene rings is 2. The average molecular weight is 388 g/mol. The second-order valence-electron chi connectivity index (χ2n) is 4.94. The number of anilines is 1. The van der Waals surface area contributed by atoms with E-state index in [9.17, 15) is 31.2 Å². The first-order valence-electron chi connectivity index (χ1n) is 6.82. The van der Waals surface area contributed by atoms with E-state index in [2.05, 4.69) is 10.1 Å². The third-order valence-electron chi connectivity index (χ3n) is 3.02. The number of carbonyl (C=O) groups is 2. The van der Waals surface area contributed by atoms with E-state index in [1.54, 1.807) is 0 Å². The van der Waals surface area contributed by atoms with Crippen LogP contribution < -0.4 is 10.5 Å². The maximum Gasteiger partial charge on any atom is 0.341 e. The summed E-state index contributed by atoms with van der Waals surface area (Å²) in [6.45, 7) is -0.878. The van der Waals surface area contributed by atoms with Crippen LogP contribution in [0.3, 0.4) is 0 Å². The molecule has 138 valence electrons. The number of sulfonamides is 1. The van der Waals surface area contributed by atoms with E-state index >= 15 is 0 Å². The van der Waals surface area contributed by atoms with Crippen LogP contribution in [0.5, 0.6) is 0 Å². The number of nitrogens with two attached hydrogens (primary N) is 1. The fourth-order valence-electron chi connectivity index (χ4n) is 1.82. The Labute approximate surface area is 145 Å². The van der Waals surface area contributed by atoms with Crippen LogP contribution in [0.2, 0.25) is 0 Å². The topological polar surface area (TPSA) is 116 Å². The Balaban J connectivity index is 2.04. The minimum absolute atomic E-state index is 0.0904. The molecule has 3 N–H and O–H groups in total. The first-order valence-corrected chi connectivity index (χ1v) is 8.37. The number of esters is 1. The Kier molecular flexibility index (Phi) is 5.63. The van der Waals surface area contributed by atoms with Crippen molar-refractivity contribution in [3.63, 3.8) is 0 Å². The van der Waals surface area contributed by atoms with Crippen molar-refractivity contribution >= 4 is 27.6 Å². The molecule has 0 bridgehead atoms. The molecule has 2 rings (SSSR count). The van der Waals surface area contributed by atoms with Gasteiger partial charge in [0.1, 0.15) is 5.82 Å². The highest BCUT2D eigenvalue weighted by molar-refractivity contribution is 7.89. The normalized spacial score (nSPS) is 11.1. The van der Waals surface area contributed by atoms with E-state index in [-0.39, 0.29) is 5.69 Å². The van der Waals surface area contributed by atoms with Crippen LogP contribution in [-0.4, -0.2) is 26.9 Å². The maximum atomic E-state index is 13.6. The van der Waals surface area contributed by atoms with Gasteiger partial charge in [-0.15, -0.1) is 0 Å². The van der Waals surface area contributed by atoms with Gasteiger partial charge in [-0.25, -0.2) is 31.5 Å². The molecule has 2 aromatic carbocycles. The number of nitrogens with one attached hydrogen (secondary N) is 1. The van der Waals surface area contributed by atoms with E-state index in [0.29, 0.717) is 18.2 Å². The van der Waals surface area contributed by atoms with Crippen molar-refractivity contribution in [1.82, 2.24) is 0 Å². The highest BCUT2D eigenvalue weighted by Crippen LogP contribution is 2.16. The van der Waals surface area contributed by atoms with Crippen molar-refractivity contribution in [2.45, 2.75) is 4.90 Å². The lowest BCUT2D eigenvalue weighted by atomic mass is 10.2. The van der Waals surface area contributed by atoms with Crippen LogP contribution >= 0.6 is 0 Å². The van der Waals surface area contributed by atoms with Gasteiger partial charge in [0.25, 0.3) is 5.91 Å². The predicted octanol–water partition coefficient (Wildman–Crippen LogP) is 1.55. The summed E-state index contributed by atoms with van der Waals surface area (Å²) in [5.74, 6) is -5.61. The van der Waals surface area contributed by atoms with Gasteiger partial charge >= 0.3 is 5.97 Å². The number of ether oxygens (including phenoxy) is 1. The first kappa shape index (κ1) is 19.4. The summed E-state index contributed by atoms with van der Waals surface area (Å²) in [6, 6.07) is 4.80. The zero-order valence-corrected chi connectivity index (χ0v) is 13.6. The van der Waals surface area contributed by atoms with Gasteiger partial charge in [0.05, 0.1) is 10.5 Å². The fourth-order valence-corrected chi connectivity index (χ4v) is 2.36. The van der Waals surface area contributed by atoms with Crippen LogP contribution in [0.25, 0.3) is 0 Å². The third kappa shape index (κ3) is 4.80. The molecule has 11 heteroatoms. The molecule has 1 amide bonds. The van der Waals surface area contributed by atoms with Crippen LogP contribution in [0.1, 0.15) is 10.4 Å². The molecule has 0 radical (unpaired) electrons. The van der Waals surface area contributed by atoms with Crippen LogP contribution in [0.15, 0.2) is 41.3 Å². The van der Waals surface area contributed by atoms with E-state index < -0.39 is 56.4 Å². The van der Waals surface area contributed by atoms with Crippen LogP contribution in [0, 0.1) is 17.5 Å². The molecule has 0 heterocycles. The Hall–Kier alpha value is -2.92. The van der Waals surface area contributed by atoms with Gasteiger partial charge in [-0.3, -0.25) is 4.79 Å². The summed E-state index contributed by atoms with van der Waals surface area (Å²) in [6.07, 6.45) is 0. The van der Waals surface area contributed by atoms with E-state index in [0.717, 1.165) is 18.2 Å². The highest BCUT2D eigenvalue weighted by Gasteiger charge is 2.19. The lowest BCUT2D eigenvalue weighted by Gasteiger charge is -2.08. The van der Waals surface area contributed by atoms with Crippen molar-refractivity contribution in [3.05, 3.63) is 59.4 Å². The second-order valence-corrected chi connectivity index (χ2v) is 6.50. The third-order valence-corrected chi connectivity index (χ3v) is 3.93. The summed E-state index contributed by atoms with van der Waals surface area (Å²) >= 11 is 0. The summed E-state index contributed by atoms with van der Waals surface area (Å²) < 4.78 is 66.5. The van der Waals surface area contributed by atoms with Crippen molar-refractivity contribution in [3.8, 4) is 0 Å². The number of hydrogen-bond donors (Lipinski definition) is 2. The zero-order valence-electron chi connectivity index (χ0n) is 12.8. The molecule has 0 aliphatic heterocycles. The number of amides is 1. The van der Waals surface area contributed by atoms with Crippen molar-refractivity contribution in [2.75, 3.05) is 11.9 Å². The number of primary sulfonamides is 1. The molecule has 0 atom stereocenters. The molecule has 26 heavy (non-hydrogen) atoms. The number of rotatable bonds is 5. The molecular formula is C15H11F3N2O5S. The molecule has 2 aromatic rings. The van der Waals surface area contributed by atoms with Gasteiger partial charge in [0, 0.05) is 11.8 Å². The lowest BCUT2D eigenvalue weighted by Crippen LogP contribution is -2.22. The molecule has 0 aromatic heterocycles. The van der Waals surface area contributed by atoms with Crippen LogP contribution in [-0.2, 0) is 19.6 Å².